The quantitative estimate of drug-likeness (QED) is 0.475. The maximum atomic E-state index is 12.2. The van der Waals surface area contributed by atoms with Crippen LogP contribution in [0.1, 0.15) is 28.6 Å². The predicted octanol–water partition coefficient (Wildman–Crippen LogP) is 4.08. The molecule has 0 atom stereocenters. The standard InChI is InChI=1S/C22H20O7/c1-3-27-22(25)21-16(15-6-4-5-7-18(15)29-21)13-28-20(24)11-9-14-8-10-17(23)19(12-14)26-2/h4-12,23H,3,13H2,1-2H3/b11-9+. The number of furan rings is 1. The van der Waals surface area contributed by atoms with Crippen molar-refractivity contribution in [1.82, 2.24) is 0 Å². The number of hydrogen-bond acceptors (Lipinski definition) is 7. The van der Waals surface area contributed by atoms with Crippen LogP contribution in [0.4, 0.5) is 0 Å². The molecule has 0 unspecified atom stereocenters. The van der Waals surface area contributed by atoms with E-state index in [2.05, 4.69) is 0 Å². The van der Waals surface area contributed by atoms with Crippen molar-refractivity contribution >= 4 is 29.0 Å². The van der Waals surface area contributed by atoms with Crippen molar-refractivity contribution in [1.29, 1.82) is 0 Å². The zero-order valence-electron chi connectivity index (χ0n) is 16.0. The van der Waals surface area contributed by atoms with Gasteiger partial charge in [-0.05, 0) is 36.8 Å². The van der Waals surface area contributed by atoms with Gasteiger partial charge in [0.15, 0.2) is 11.5 Å². The Morgan fingerprint density at radius 3 is 2.69 bits per heavy atom. The van der Waals surface area contributed by atoms with Crippen LogP contribution in [-0.4, -0.2) is 30.8 Å². The number of ether oxygens (including phenoxy) is 3. The number of benzene rings is 2. The lowest BCUT2D eigenvalue weighted by Crippen LogP contribution is -2.08. The van der Waals surface area contributed by atoms with Gasteiger partial charge in [-0.1, -0.05) is 24.3 Å². The highest BCUT2D eigenvalue weighted by atomic mass is 16.5. The summed E-state index contributed by atoms with van der Waals surface area (Å²) in [5.74, 6) is -0.887. The lowest BCUT2D eigenvalue weighted by Gasteiger charge is -2.05. The molecule has 0 spiro atoms. The summed E-state index contributed by atoms with van der Waals surface area (Å²) in [5.41, 5.74) is 1.61. The second kappa shape index (κ2) is 8.97. The van der Waals surface area contributed by atoms with Crippen LogP contribution in [0.25, 0.3) is 17.0 Å². The van der Waals surface area contributed by atoms with E-state index >= 15 is 0 Å². The maximum Gasteiger partial charge on any atom is 0.374 e. The van der Waals surface area contributed by atoms with Gasteiger partial charge in [-0.2, -0.15) is 0 Å². The number of carbonyl (C=O) groups is 2. The summed E-state index contributed by atoms with van der Waals surface area (Å²) in [6.45, 7) is 1.75. The summed E-state index contributed by atoms with van der Waals surface area (Å²) >= 11 is 0. The summed E-state index contributed by atoms with van der Waals surface area (Å²) in [4.78, 5) is 24.3. The Balaban J connectivity index is 1.75. The number of carbonyl (C=O) groups excluding carboxylic acids is 2. The van der Waals surface area contributed by atoms with Crippen molar-refractivity contribution < 1.29 is 33.3 Å². The molecule has 0 fully saturated rings. The third kappa shape index (κ3) is 4.57. The fraction of sp³-hybridized carbons (Fsp3) is 0.182. The first kappa shape index (κ1) is 20.0. The number of aromatic hydroxyl groups is 1. The molecule has 0 aliphatic rings. The Kier molecular flexibility index (Phi) is 6.19. The zero-order chi connectivity index (χ0) is 20.8. The number of para-hydroxylation sites is 1. The first-order valence-electron chi connectivity index (χ1n) is 8.92. The molecule has 0 saturated heterocycles. The van der Waals surface area contributed by atoms with Crippen LogP contribution >= 0.6 is 0 Å². The van der Waals surface area contributed by atoms with Gasteiger partial charge in [-0.3, -0.25) is 0 Å². The van der Waals surface area contributed by atoms with Gasteiger partial charge >= 0.3 is 11.9 Å². The fourth-order valence-corrected chi connectivity index (χ4v) is 2.76. The van der Waals surface area contributed by atoms with E-state index in [-0.39, 0.29) is 24.7 Å². The minimum absolute atomic E-state index is 0.00515. The number of phenolic OH excluding ortho intramolecular Hbond substituents is 1. The molecular formula is C22H20O7. The predicted molar refractivity (Wildman–Crippen MR) is 106 cm³/mol. The van der Waals surface area contributed by atoms with Crippen LogP contribution in [-0.2, 0) is 20.9 Å². The molecule has 1 aromatic heterocycles. The van der Waals surface area contributed by atoms with Crippen LogP contribution in [0.3, 0.4) is 0 Å². The molecule has 1 heterocycles. The summed E-state index contributed by atoms with van der Waals surface area (Å²) in [5, 5.41) is 10.3. The minimum atomic E-state index is -0.610. The van der Waals surface area contributed by atoms with Crippen molar-refractivity contribution in [3.63, 3.8) is 0 Å². The third-order valence-electron chi connectivity index (χ3n) is 4.13. The van der Waals surface area contributed by atoms with Crippen LogP contribution in [0.15, 0.2) is 53.0 Å². The van der Waals surface area contributed by atoms with Crippen LogP contribution < -0.4 is 4.74 Å². The molecule has 0 radical (unpaired) electrons. The number of phenols is 1. The third-order valence-corrected chi connectivity index (χ3v) is 4.13. The second-order valence-corrected chi connectivity index (χ2v) is 6.00. The van der Waals surface area contributed by atoms with Crippen LogP contribution in [0, 0.1) is 0 Å². The van der Waals surface area contributed by atoms with Gasteiger partial charge in [0.25, 0.3) is 0 Å². The molecule has 29 heavy (non-hydrogen) atoms. The van der Waals surface area contributed by atoms with Gasteiger partial charge in [-0.15, -0.1) is 0 Å². The molecule has 2 aromatic carbocycles. The lowest BCUT2D eigenvalue weighted by atomic mass is 10.1. The van der Waals surface area contributed by atoms with Gasteiger partial charge < -0.3 is 23.7 Å². The Bertz CT molecular complexity index is 1060. The number of esters is 2. The van der Waals surface area contributed by atoms with Crippen molar-refractivity contribution in [2.24, 2.45) is 0 Å². The molecule has 7 nitrogen and oxygen atoms in total. The lowest BCUT2D eigenvalue weighted by molar-refractivity contribution is -0.138. The number of fused-ring (bicyclic) bond motifs is 1. The highest BCUT2D eigenvalue weighted by Crippen LogP contribution is 2.28. The highest BCUT2D eigenvalue weighted by Gasteiger charge is 2.22. The van der Waals surface area contributed by atoms with Crippen LogP contribution in [0.2, 0.25) is 0 Å². The SMILES string of the molecule is CCOC(=O)c1oc2ccccc2c1COC(=O)/C=C/c1ccc(O)c(OC)c1. The Morgan fingerprint density at radius 2 is 1.93 bits per heavy atom. The van der Waals surface area contributed by atoms with E-state index in [4.69, 9.17) is 18.6 Å². The largest absolute Gasteiger partial charge is 0.504 e. The summed E-state index contributed by atoms with van der Waals surface area (Å²) in [6, 6.07) is 11.8. The second-order valence-electron chi connectivity index (χ2n) is 6.00. The Hall–Kier alpha value is -3.74. The van der Waals surface area contributed by atoms with Crippen molar-refractivity contribution in [3.05, 3.63) is 65.4 Å². The summed E-state index contributed by atoms with van der Waals surface area (Å²) in [6.07, 6.45) is 2.78. The molecular weight excluding hydrogens is 376 g/mol. The van der Waals surface area contributed by atoms with Gasteiger partial charge in [0, 0.05) is 11.5 Å². The number of hydrogen-bond donors (Lipinski definition) is 1. The molecule has 150 valence electrons. The fourth-order valence-electron chi connectivity index (χ4n) is 2.76. The molecule has 0 bridgehead atoms. The topological polar surface area (TPSA) is 95.2 Å². The summed E-state index contributed by atoms with van der Waals surface area (Å²) < 4.78 is 20.9. The monoisotopic (exact) mass is 396 g/mol. The van der Waals surface area contributed by atoms with Crippen molar-refractivity contribution in [2.45, 2.75) is 13.5 Å². The molecule has 0 aliphatic heterocycles. The van der Waals surface area contributed by atoms with E-state index in [1.807, 2.05) is 0 Å². The highest BCUT2D eigenvalue weighted by molar-refractivity contribution is 5.96. The molecule has 1 N–H and O–H groups in total. The molecule has 0 amide bonds. The normalized spacial score (nSPS) is 11.0. The average molecular weight is 396 g/mol. The Labute approximate surface area is 167 Å². The van der Waals surface area contributed by atoms with E-state index in [1.54, 1.807) is 43.3 Å². The molecule has 7 heteroatoms. The summed E-state index contributed by atoms with van der Waals surface area (Å²) in [7, 11) is 1.44. The van der Waals surface area contributed by atoms with Gasteiger partial charge in [0.1, 0.15) is 12.2 Å². The first-order valence-corrected chi connectivity index (χ1v) is 8.92. The molecule has 0 saturated carbocycles. The number of methoxy groups -OCH3 is 1. The van der Waals surface area contributed by atoms with Crippen molar-refractivity contribution in [3.8, 4) is 11.5 Å². The van der Waals surface area contributed by atoms with Crippen LogP contribution in [0.5, 0.6) is 11.5 Å². The van der Waals surface area contributed by atoms with E-state index in [9.17, 15) is 14.7 Å². The van der Waals surface area contributed by atoms with E-state index in [1.165, 1.54) is 25.3 Å². The molecule has 3 rings (SSSR count). The number of rotatable bonds is 7. The average Bonchev–Trinajstić information content (AvgIpc) is 3.10. The Morgan fingerprint density at radius 1 is 1.14 bits per heavy atom. The van der Waals surface area contributed by atoms with Crippen molar-refractivity contribution in [2.75, 3.05) is 13.7 Å². The van der Waals surface area contributed by atoms with Gasteiger partial charge in [0.05, 0.1) is 19.3 Å². The van der Waals surface area contributed by atoms with Gasteiger partial charge in [-0.25, -0.2) is 9.59 Å². The van der Waals surface area contributed by atoms with E-state index in [0.717, 1.165) is 0 Å². The van der Waals surface area contributed by atoms with E-state index < -0.39 is 11.9 Å². The van der Waals surface area contributed by atoms with Gasteiger partial charge in [0.2, 0.25) is 5.76 Å². The maximum absolute atomic E-state index is 12.2. The zero-order valence-corrected chi connectivity index (χ0v) is 16.0. The molecule has 0 aliphatic carbocycles. The van der Waals surface area contributed by atoms with E-state index in [0.29, 0.717) is 27.8 Å². The smallest absolute Gasteiger partial charge is 0.374 e. The first-order chi connectivity index (χ1) is 14.0. The molecule has 3 aromatic rings. The minimum Gasteiger partial charge on any atom is -0.504 e.